The molecule has 0 unspecified atom stereocenters. The number of hydrogen-bond acceptors (Lipinski definition) is 5. The van der Waals surface area contributed by atoms with Crippen LogP contribution in [0.4, 0.5) is 0 Å². The fourth-order valence-corrected chi connectivity index (χ4v) is 0.989. The lowest BCUT2D eigenvalue weighted by molar-refractivity contribution is 0.0600. The van der Waals surface area contributed by atoms with Crippen molar-refractivity contribution in [1.82, 2.24) is 4.98 Å². The number of aliphatic hydroxyl groups is 1. The average Bonchev–Trinajstić information content (AvgIpc) is 2.27. The molecule has 1 aromatic rings. The van der Waals surface area contributed by atoms with Crippen molar-refractivity contribution in [3.8, 4) is 0 Å². The zero-order valence-electron chi connectivity index (χ0n) is 7.80. The van der Waals surface area contributed by atoms with Gasteiger partial charge in [-0.2, -0.15) is 0 Å². The molecule has 0 aliphatic rings. The van der Waals surface area contributed by atoms with E-state index in [-0.39, 0.29) is 6.61 Å². The van der Waals surface area contributed by atoms with E-state index in [1.54, 1.807) is 0 Å². The van der Waals surface area contributed by atoms with Crippen LogP contribution in [0, 0.1) is 0 Å². The normalized spacial score (nSPS) is 12.2. The number of rotatable bonds is 3. The van der Waals surface area contributed by atoms with Crippen LogP contribution in [0.3, 0.4) is 0 Å². The number of nitrogens with zero attached hydrogens (tertiary/aromatic N) is 1. The molecule has 0 bridgehead atoms. The molecule has 0 aromatic carbocycles. The van der Waals surface area contributed by atoms with E-state index < -0.39 is 12.0 Å². The Kier molecular flexibility index (Phi) is 3.55. The Balaban J connectivity index is 2.95. The molecule has 0 radical (unpaired) electrons. The summed E-state index contributed by atoms with van der Waals surface area (Å²) in [7, 11) is 1.30. The topological polar surface area (TPSA) is 85.4 Å². The maximum absolute atomic E-state index is 11.1. The molecule has 1 atom stereocenters. The maximum Gasteiger partial charge on any atom is 0.337 e. The van der Waals surface area contributed by atoms with Gasteiger partial charge in [-0.05, 0) is 12.1 Å². The van der Waals surface area contributed by atoms with Gasteiger partial charge >= 0.3 is 5.97 Å². The number of pyridine rings is 1. The van der Waals surface area contributed by atoms with Crippen molar-refractivity contribution < 1.29 is 14.6 Å². The Hall–Kier alpha value is -1.46. The van der Waals surface area contributed by atoms with Gasteiger partial charge in [-0.3, -0.25) is 4.98 Å². The van der Waals surface area contributed by atoms with E-state index in [9.17, 15) is 4.79 Å². The highest BCUT2D eigenvalue weighted by Gasteiger charge is 2.10. The standard InChI is InChI=1S/C9H12N2O3/c1-14-9(13)6-2-3-11-8(4-6)7(10)5-12/h2-4,7,12H,5,10H2,1H3/t7-/m0/s1. The van der Waals surface area contributed by atoms with Gasteiger partial charge in [0.05, 0.1) is 31.0 Å². The van der Waals surface area contributed by atoms with Crippen LogP contribution in [-0.2, 0) is 4.74 Å². The van der Waals surface area contributed by atoms with Gasteiger partial charge in [-0.15, -0.1) is 0 Å². The first kappa shape index (κ1) is 10.6. The van der Waals surface area contributed by atoms with Gasteiger partial charge in [0, 0.05) is 6.20 Å². The monoisotopic (exact) mass is 196 g/mol. The largest absolute Gasteiger partial charge is 0.465 e. The lowest BCUT2D eigenvalue weighted by atomic mass is 10.1. The van der Waals surface area contributed by atoms with E-state index in [0.29, 0.717) is 11.3 Å². The number of aliphatic hydroxyl groups excluding tert-OH is 1. The number of nitrogens with two attached hydrogens (primary N) is 1. The third-order valence-corrected chi connectivity index (χ3v) is 1.78. The highest BCUT2D eigenvalue weighted by atomic mass is 16.5. The quantitative estimate of drug-likeness (QED) is 0.657. The van der Waals surface area contributed by atoms with Crippen LogP contribution in [-0.4, -0.2) is 29.8 Å². The zero-order valence-corrected chi connectivity index (χ0v) is 7.80. The molecule has 1 aromatic heterocycles. The first-order valence-corrected chi connectivity index (χ1v) is 4.09. The van der Waals surface area contributed by atoms with Gasteiger partial charge in [-0.1, -0.05) is 0 Å². The predicted molar refractivity (Wildman–Crippen MR) is 49.6 cm³/mol. The summed E-state index contributed by atoms with van der Waals surface area (Å²) in [5, 5.41) is 8.79. The van der Waals surface area contributed by atoms with Gasteiger partial charge in [0.1, 0.15) is 0 Å². The fraction of sp³-hybridized carbons (Fsp3) is 0.333. The Bertz CT molecular complexity index is 328. The summed E-state index contributed by atoms with van der Waals surface area (Å²) in [6.07, 6.45) is 1.46. The molecule has 1 heterocycles. The van der Waals surface area contributed by atoms with E-state index in [1.807, 2.05) is 0 Å². The van der Waals surface area contributed by atoms with E-state index in [2.05, 4.69) is 9.72 Å². The van der Waals surface area contributed by atoms with Crippen molar-refractivity contribution in [1.29, 1.82) is 0 Å². The summed E-state index contributed by atoms with van der Waals surface area (Å²) >= 11 is 0. The minimum Gasteiger partial charge on any atom is -0.465 e. The van der Waals surface area contributed by atoms with Gasteiger partial charge in [0.25, 0.3) is 0 Å². The van der Waals surface area contributed by atoms with Crippen molar-refractivity contribution in [2.24, 2.45) is 5.73 Å². The number of aromatic nitrogens is 1. The van der Waals surface area contributed by atoms with Crippen LogP contribution in [0.25, 0.3) is 0 Å². The van der Waals surface area contributed by atoms with Crippen LogP contribution in [0.2, 0.25) is 0 Å². The molecular weight excluding hydrogens is 184 g/mol. The van der Waals surface area contributed by atoms with Crippen LogP contribution in [0.1, 0.15) is 22.1 Å². The SMILES string of the molecule is COC(=O)c1ccnc([C@@H](N)CO)c1. The molecule has 5 nitrogen and oxygen atoms in total. The molecule has 5 heteroatoms. The third kappa shape index (κ3) is 2.27. The van der Waals surface area contributed by atoms with Crippen molar-refractivity contribution in [3.63, 3.8) is 0 Å². The Labute approximate surface area is 81.5 Å². The minimum atomic E-state index is -0.570. The summed E-state index contributed by atoms with van der Waals surface area (Å²) < 4.78 is 4.53. The second-order valence-electron chi connectivity index (χ2n) is 2.75. The average molecular weight is 196 g/mol. The minimum absolute atomic E-state index is 0.211. The Morgan fingerprint density at radius 3 is 3.07 bits per heavy atom. The molecule has 0 amide bonds. The predicted octanol–water partition coefficient (Wildman–Crippen LogP) is -0.140. The molecule has 0 saturated carbocycles. The second kappa shape index (κ2) is 4.69. The number of carbonyl (C=O) groups excluding carboxylic acids is 1. The van der Waals surface area contributed by atoms with E-state index in [1.165, 1.54) is 25.4 Å². The van der Waals surface area contributed by atoms with Gasteiger partial charge in [0.15, 0.2) is 0 Å². The molecule has 0 aliphatic heterocycles. The fourth-order valence-electron chi connectivity index (χ4n) is 0.989. The molecule has 0 aliphatic carbocycles. The number of hydrogen-bond donors (Lipinski definition) is 2. The molecule has 1 rings (SSSR count). The molecule has 14 heavy (non-hydrogen) atoms. The van der Waals surface area contributed by atoms with E-state index >= 15 is 0 Å². The lowest BCUT2D eigenvalue weighted by Gasteiger charge is -2.07. The number of esters is 1. The van der Waals surface area contributed by atoms with Crippen molar-refractivity contribution >= 4 is 5.97 Å². The summed E-state index contributed by atoms with van der Waals surface area (Å²) in [6, 6.07) is 2.46. The van der Waals surface area contributed by atoms with Crippen LogP contribution < -0.4 is 5.73 Å². The summed E-state index contributed by atoms with van der Waals surface area (Å²) in [5.41, 5.74) is 6.38. The van der Waals surface area contributed by atoms with Crippen molar-refractivity contribution in [2.75, 3.05) is 13.7 Å². The van der Waals surface area contributed by atoms with Crippen molar-refractivity contribution in [2.45, 2.75) is 6.04 Å². The van der Waals surface area contributed by atoms with Gasteiger partial charge < -0.3 is 15.6 Å². The smallest absolute Gasteiger partial charge is 0.337 e. The highest BCUT2D eigenvalue weighted by molar-refractivity contribution is 5.89. The number of ether oxygens (including phenoxy) is 1. The number of methoxy groups -OCH3 is 1. The van der Waals surface area contributed by atoms with Crippen LogP contribution in [0.15, 0.2) is 18.3 Å². The molecule has 0 spiro atoms. The molecular formula is C9H12N2O3. The summed E-state index contributed by atoms with van der Waals surface area (Å²) in [5.74, 6) is -0.446. The Morgan fingerprint density at radius 2 is 2.50 bits per heavy atom. The highest BCUT2D eigenvalue weighted by Crippen LogP contribution is 2.09. The molecule has 0 saturated heterocycles. The van der Waals surface area contributed by atoms with E-state index in [4.69, 9.17) is 10.8 Å². The third-order valence-electron chi connectivity index (χ3n) is 1.78. The number of carbonyl (C=O) groups is 1. The molecule has 76 valence electrons. The first-order chi connectivity index (χ1) is 6.69. The summed E-state index contributed by atoms with van der Waals surface area (Å²) in [4.78, 5) is 15.1. The zero-order chi connectivity index (χ0) is 10.6. The van der Waals surface area contributed by atoms with Crippen molar-refractivity contribution in [3.05, 3.63) is 29.6 Å². The second-order valence-corrected chi connectivity index (χ2v) is 2.75. The first-order valence-electron chi connectivity index (χ1n) is 4.09. The van der Waals surface area contributed by atoms with Crippen LogP contribution >= 0.6 is 0 Å². The molecule has 3 N–H and O–H groups in total. The Morgan fingerprint density at radius 1 is 1.79 bits per heavy atom. The van der Waals surface area contributed by atoms with Gasteiger partial charge in [-0.25, -0.2) is 4.79 Å². The summed E-state index contributed by atoms with van der Waals surface area (Å²) in [6.45, 7) is -0.211. The lowest BCUT2D eigenvalue weighted by Crippen LogP contribution is -2.16. The van der Waals surface area contributed by atoms with Crippen LogP contribution in [0.5, 0.6) is 0 Å². The molecule has 0 fully saturated rings. The van der Waals surface area contributed by atoms with Gasteiger partial charge in [0.2, 0.25) is 0 Å². The maximum atomic E-state index is 11.1. The van der Waals surface area contributed by atoms with E-state index in [0.717, 1.165) is 0 Å².